The van der Waals surface area contributed by atoms with Crippen molar-refractivity contribution in [3.05, 3.63) is 28.7 Å². The molecule has 1 aromatic carbocycles. The maximum Gasteiger partial charge on any atom is 0.325 e. The van der Waals surface area contributed by atoms with E-state index in [-0.39, 0.29) is 16.6 Å². The third-order valence-electron chi connectivity index (χ3n) is 3.01. The summed E-state index contributed by atoms with van der Waals surface area (Å²) in [5.41, 5.74) is 0.439. The normalized spacial score (nSPS) is 16.1. The average Bonchev–Trinajstić information content (AvgIpc) is 2.79. The minimum absolute atomic E-state index is 0.0485. The summed E-state index contributed by atoms with van der Waals surface area (Å²) in [7, 11) is 1.24. The van der Waals surface area contributed by atoms with Crippen LogP contribution in [0.25, 0.3) is 6.08 Å². The number of ether oxygens (including phenoxy) is 2. The quantitative estimate of drug-likeness (QED) is 0.494. The van der Waals surface area contributed by atoms with Gasteiger partial charge in [-0.1, -0.05) is 36.1 Å². The Hall–Kier alpha value is -2.06. The summed E-state index contributed by atoms with van der Waals surface area (Å²) in [5, 5.41) is 10.2. The number of carbonyl (C=O) groups excluding carboxylic acids is 2. The molecule has 122 valence electrons. The number of nitrogens with zero attached hydrogens (tertiary/aromatic N) is 1. The first-order chi connectivity index (χ1) is 11.0. The molecule has 1 aliphatic rings. The fourth-order valence-electron chi connectivity index (χ4n) is 1.90. The van der Waals surface area contributed by atoms with E-state index in [0.717, 1.165) is 11.8 Å². The van der Waals surface area contributed by atoms with Crippen LogP contribution in [0.5, 0.6) is 11.5 Å². The monoisotopic (exact) mass is 353 g/mol. The number of thioether (sulfide) groups is 1. The summed E-state index contributed by atoms with van der Waals surface area (Å²) in [4.78, 5) is 25.1. The van der Waals surface area contributed by atoms with Crippen LogP contribution in [-0.2, 0) is 14.3 Å². The zero-order valence-corrected chi connectivity index (χ0v) is 14.2. The van der Waals surface area contributed by atoms with E-state index < -0.39 is 11.9 Å². The second-order valence-corrected chi connectivity index (χ2v) is 6.15. The van der Waals surface area contributed by atoms with Crippen molar-refractivity contribution in [1.29, 1.82) is 0 Å². The van der Waals surface area contributed by atoms with Crippen molar-refractivity contribution in [1.82, 2.24) is 4.90 Å². The smallest absolute Gasteiger partial charge is 0.325 e. The number of hydrogen-bond acceptors (Lipinski definition) is 7. The highest BCUT2D eigenvalue weighted by Crippen LogP contribution is 2.36. The van der Waals surface area contributed by atoms with Crippen LogP contribution in [-0.4, -0.2) is 46.5 Å². The first-order valence-electron chi connectivity index (χ1n) is 6.74. The zero-order valence-electron chi connectivity index (χ0n) is 12.6. The highest BCUT2D eigenvalue weighted by molar-refractivity contribution is 8.26. The molecule has 2 rings (SSSR count). The maximum absolute atomic E-state index is 12.3. The fraction of sp³-hybridized carbons (Fsp3) is 0.267. The Labute approximate surface area is 143 Å². The molecule has 1 aromatic rings. The Balaban J connectivity index is 2.27. The third-order valence-corrected chi connectivity index (χ3v) is 4.38. The van der Waals surface area contributed by atoms with Crippen LogP contribution in [0.3, 0.4) is 0 Å². The van der Waals surface area contributed by atoms with Crippen molar-refractivity contribution in [2.45, 2.75) is 6.92 Å². The van der Waals surface area contributed by atoms with Gasteiger partial charge in [-0.3, -0.25) is 14.5 Å². The zero-order chi connectivity index (χ0) is 17.0. The number of thiocarbonyl (C=S) groups is 1. The van der Waals surface area contributed by atoms with Crippen LogP contribution >= 0.6 is 24.0 Å². The number of para-hydroxylation sites is 1. The van der Waals surface area contributed by atoms with E-state index in [1.54, 1.807) is 18.2 Å². The molecule has 0 aliphatic carbocycles. The van der Waals surface area contributed by atoms with Crippen LogP contribution in [0, 0.1) is 0 Å². The number of carbonyl (C=O) groups is 2. The van der Waals surface area contributed by atoms with Gasteiger partial charge in [-0.15, -0.1) is 0 Å². The molecule has 0 radical (unpaired) electrons. The van der Waals surface area contributed by atoms with Gasteiger partial charge in [0.1, 0.15) is 10.9 Å². The average molecular weight is 353 g/mol. The molecule has 1 amide bonds. The van der Waals surface area contributed by atoms with E-state index in [2.05, 4.69) is 4.74 Å². The number of phenols is 1. The molecule has 1 N–H and O–H groups in total. The highest BCUT2D eigenvalue weighted by Gasteiger charge is 2.33. The number of phenolic OH excluding ortho intramolecular Hbond substituents is 1. The lowest BCUT2D eigenvalue weighted by molar-refractivity contribution is -0.143. The Morgan fingerprint density at radius 3 is 2.87 bits per heavy atom. The lowest BCUT2D eigenvalue weighted by Gasteiger charge is -2.12. The predicted molar refractivity (Wildman–Crippen MR) is 91.2 cm³/mol. The molecule has 1 aliphatic heterocycles. The van der Waals surface area contributed by atoms with Crippen LogP contribution in [0.4, 0.5) is 0 Å². The van der Waals surface area contributed by atoms with E-state index in [1.165, 1.54) is 18.1 Å². The van der Waals surface area contributed by atoms with Crippen molar-refractivity contribution in [3.8, 4) is 11.5 Å². The van der Waals surface area contributed by atoms with Gasteiger partial charge in [0.25, 0.3) is 5.91 Å². The number of methoxy groups -OCH3 is 1. The van der Waals surface area contributed by atoms with Gasteiger partial charge >= 0.3 is 5.97 Å². The second kappa shape index (κ2) is 7.47. The molecule has 1 heterocycles. The van der Waals surface area contributed by atoms with E-state index in [1.807, 2.05) is 6.92 Å². The molecular formula is C15H15NO5S2. The summed E-state index contributed by atoms with van der Waals surface area (Å²) in [5.74, 6) is -0.658. The van der Waals surface area contributed by atoms with E-state index >= 15 is 0 Å². The molecule has 0 spiro atoms. The summed E-state index contributed by atoms with van der Waals surface area (Å²) in [6, 6.07) is 5.01. The first kappa shape index (κ1) is 17.3. The van der Waals surface area contributed by atoms with Gasteiger partial charge in [-0.2, -0.15) is 0 Å². The molecule has 1 fully saturated rings. The van der Waals surface area contributed by atoms with Gasteiger partial charge in [0.2, 0.25) is 0 Å². The standard InChI is InChI=1S/C15H15NO5S2/c1-3-21-10-6-4-5-9(13(10)18)7-11-14(19)16(15(22)23-11)8-12(17)20-2/h4-7,18H,3,8H2,1-2H3/b11-7-. The number of aromatic hydroxyl groups is 1. The summed E-state index contributed by atoms with van der Waals surface area (Å²) >= 11 is 6.18. The lowest BCUT2D eigenvalue weighted by atomic mass is 10.1. The molecule has 0 unspecified atom stereocenters. The Kier molecular flexibility index (Phi) is 5.62. The topological polar surface area (TPSA) is 76.1 Å². The van der Waals surface area contributed by atoms with Gasteiger partial charge in [-0.25, -0.2) is 0 Å². The van der Waals surface area contributed by atoms with Crippen LogP contribution in [0.1, 0.15) is 12.5 Å². The van der Waals surface area contributed by atoms with Gasteiger partial charge in [0.05, 0.1) is 18.6 Å². The second-order valence-electron chi connectivity index (χ2n) is 4.47. The molecule has 0 aromatic heterocycles. The van der Waals surface area contributed by atoms with Crippen molar-refractivity contribution >= 4 is 46.3 Å². The maximum atomic E-state index is 12.3. The Morgan fingerprint density at radius 1 is 1.48 bits per heavy atom. The minimum Gasteiger partial charge on any atom is -0.504 e. The number of hydrogen-bond donors (Lipinski definition) is 1. The van der Waals surface area contributed by atoms with Crippen molar-refractivity contribution in [2.75, 3.05) is 20.3 Å². The molecule has 0 atom stereocenters. The number of rotatable bonds is 5. The molecule has 8 heteroatoms. The molecular weight excluding hydrogens is 338 g/mol. The van der Waals surface area contributed by atoms with Crippen molar-refractivity contribution < 1.29 is 24.2 Å². The largest absolute Gasteiger partial charge is 0.504 e. The minimum atomic E-state index is -0.552. The molecule has 0 saturated carbocycles. The summed E-state index contributed by atoms with van der Waals surface area (Å²) in [6.45, 7) is 1.99. The predicted octanol–water partition coefficient (Wildman–Crippen LogP) is 2.17. The van der Waals surface area contributed by atoms with Crippen molar-refractivity contribution in [2.24, 2.45) is 0 Å². The SMILES string of the molecule is CCOc1cccc(/C=C2\SC(=S)N(CC(=O)OC)C2=O)c1O. The number of amides is 1. The van der Waals surface area contributed by atoms with E-state index in [4.69, 9.17) is 17.0 Å². The van der Waals surface area contributed by atoms with Gasteiger partial charge in [0.15, 0.2) is 11.5 Å². The van der Waals surface area contributed by atoms with Crippen LogP contribution in [0.2, 0.25) is 0 Å². The number of benzene rings is 1. The number of esters is 1. The Morgan fingerprint density at radius 2 is 2.22 bits per heavy atom. The van der Waals surface area contributed by atoms with Crippen LogP contribution in [0.15, 0.2) is 23.1 Å². The van der Waals surface area contributed by atoms with E-state index in [9.17, 15) is 14.7 Å². The molecule has 0 bridgehead atoms. The Bertz CT molecular complexity index is 686. The van der Waals surface area contributed by atoms with Gasteiger partial charge < -0.3 is 14.6 Å². The van der Waals surface area contributed by atoms with E-state index in [0.29, 0.717) is 22.8 Å². The summed E-state index contributed by atoms with van der Waals surface area (Å²) in [6.07, 6.45) is 1.52. The van der Waals surface area contributed by atoms with Crippen LogP contribution < -0.4 is 4.74 Å². The fourth-order valence-corrected chi connectivity index (χ4v) is 3.14. The highest BCUT2D eigenvalue weighted by atomic mass is 32.2. The lowest BCUT2D eigenvalue weighted by Crippen LogP contribution is -2.33. The molecule has 1 saturated heterocycles. The molecule has 23 heavy (non-hydrogen) atoms. The van der Waals surface area contributed by atoms with Gasteiger partial charge in [0, 0.05) is 5.56 Å². The van der Waals surface area contributed by atoms with Crippen molar-refractivity contribution in [3.63, 3.8) is 0 Å². The summed E-state index contributed by atoms with van der Waals surface area (Å²) < 4.78 is 10.1. The first-order valence-corrected chi connectivity index (χ1v) is 7.97. The third kappa shape index (κ3) is 3.83. The van der Waals surface area contributed by atoms with Gasteiger partial charge in [-0.05, 0) is 19.1 Å². The molecule has 6 nitrogen and oxygen atoms in total.